The predicted octanol–water partition coefficient (Wildman–Crippen LogP) is 2.48. The second-order valence-electron chi connectivity index (χ2n) is 8.88. The number of phenolic OH excluding ortho intramolecular Hbond substituents is 1. The minimum absolute atomic E-state index is 0.0602. The Balaban J connectivity index is 1.62. The smallest absolute Gasteiger partial charge is 0.302 e. The van der Waals surface area contributed by atoms with Crippen LogP contribution in [0.2, 0.25) is 0 Å². The number of aromatic hydroxyl groups is 1. The number of anilines is 1. The number of fused-ring (bicyclic) bond motifs is 1. The van der Waals surface area contributed by atoms with Gasteiger partial charge in [-0.1, -0.05) is 6.07 Å². The average Bonchev–Trinajstić information content (AvgIpc) is 3.29. The Hall–Kier alpha value is -2.14. The molecule has 2 aliphatic heterocycles. The number of carbonyl (C=O) groups excluding carboxylic acids is 1. The van der Waals surface area contributed by atoms with Gasteiger partial charge in [-0.25, -0.2) is 0 Å². The number of aldehydes is 1. The first kappa shape index (κ1) is 23.0. The van der Waals surface area contributed by atoms with E-state index in [9.17, 15) is 23.4 Å². The Kier molecular flexibility index (Phi) is 6.23. The molecule has 10 heteroatoms. The van der Waals surface area contributed by atoms with Gasteiger partial charge in [-0.2, -0.15) is 24.0 Å². The van der Waals surface area contributed by atoms with Crippen molar-refractivity contribution in [1.29, 1.82) is 0 Å². The fourth-order valence-electron chi connectivity index (χ4n) is 4.16. The van der Waals surface area contributed by atoms with Crippen LogP contribution in [0.5, 0.6) is 5.75 Å². The molecule has 8 nitrogen and oxygen atoms in total. The maximum atomic E-state index is 12.4. The summed E-state index contributed by atoms with van der Waals surface area (Å²) in [5, 5.41) is 23.3. The normalized spacial score (nSPS) is 24.1. The van der Waals surface area contributed by atoms with Crippen LogP contribution in [0.3, 0.4) is 0 Å². The molecule has 0 spiro atoms. The average molecular weight is 480 g/mol. The lowest BCUT2D eigenvalue weighted by Gasteiger charge is -2.22. The molecule has 4 rings (SSSR count). The maximum absolute atomic E-state index is 12.4. The van der Waals surface area contributed by atoms with Gasteiger partial charge in [0.1, 0.15) is 12.0 Å². The number of thiol groups is 1. The van der Waals surface area contributed by atoms with E-state index in [2.05, 4.69) is 10.8 Å². The first-order chi connectivity index (χ1) is 15.1. The molecule has 32 heavy (non-hydrogen) atoms. The molecule has 0 aromatic heterocycles. The van der Waals surface area contributed by atoms with Gasteiger partial charge < -0.3 is 15.0 Å². The Morgan fingerprint density at radius 1 is 1.28 bits per heavy atom. The molecule has 2 aliphatic rings. The highest BCUT2D eigenvalue weighted by Crippen LogP contribution is 2.45. The van der Waals surface area contributed by atoms with Crippen LogP contribution in [0.15, 0.2) is 40.2 Å². The Bertz CT molecular complexity index is 1170. The van der Waals surface area contributed by atoms with Gasteiger partial charge in [-0.15, -0.1) is 0 Å². The lowest BCUT2D eigenvalue weighted by atomic mass is 10.0. The number of hydrogen-bond acceptors (Lipinski definition) is 6. The van der Waals surface area contributed by atoms with Gasteiger partial charge in [0.2, 0.25) is 0 Å². The van der Waals surface area contributed by atoms with E-state index in [0.717, 1.165) is 51.5 Å². The van der Waals surface area contributed by atoms with E-state index in [4.69, 9.17) is 4.99 Å². The number of aliphatic hydroxyl groups is 1. The van der Waals surface area contributed by atoms with Gasteiger partial charge >= 0.3 is 10.2 Å². The summed E-state index contributed by atoms with van der Waals surface area (Å²) in [6.07, 6.45) is 3.01. The number of nitrogens with zero attached hydrogens (tertiary/aromatic N) is 2. The monoisotopic (exact) mass is 479 g/mol. The lowest BCUT2D eigenvalue weighted by molar-refractivity contribution is -0.108. The van der Waals surface area contributed by atoms with Crippen LogP contribution in [0, 0.1) is 0 Å². The summed E-state index contributed by atoms with van der Waals surface area (Å²) < 4.78 is 28.2. The summed E-state index contributed by atoms with van der Waals surface area (Å²) in [5.41, 5.74) is -0.526. The fraction of sp³-hybridized carbons (Fsp3) is 0.455. The van der Waals surface area contributed by atoms with Crippen LogP contribution < -0.4 is 9.03 Å². The van der Waals surface area contributed by atoms with Gasteiger partial charge in [0.05, 0.1) is 28.9 Å². The van der Waals surface area contributed by atoms with E-state index in [-0.39, 0.29) is 18.0 Å². The minimum Gasteiger partial charge on any atom is -0.506 e. The van der Waals surface area contributed by atoms with Crippen molar-refractivity contribution >= 4 is 48.9 Å². The highest BCUT2D eigenvalue weighted by Gasteiger charge is 2.36. The van der Waals surface area contributed by atoms with E-state index in [1.54, 1.807) is 12.1 Å². The summed E-state index contributed by atoms with van der Waals surface area (Å²) >= 11 is 0. The van der Waals surface area contributed by atoms with E-state index in [0.29, 0.717) is 6.29 Å². The largest absolute Gasteiger partial charge is 0.506 e. The molecule has 0 bridgehead atoms. The van der Waals surface area contributed by atoms with Gasteiger partial charge in [-0.05, 0) is 73.0 Å². The van der Waals surface area contributed by atoms with Crippen LogP contribution in [0.25, 0.3) is 10.8 Å². The van der Waals surface area contributed by atoms with Crippen LogP contribution in [-0.2, 0) is 15.0 Å². The number of hydrogen-bond donors (Lipinski definition) is 4. The topological polar surface area (TPSA) is 119 Å². The van der Waals surface area contributed by atoms with Gasteiger partial charge in [0, 0.05) is 12.3 Å². The highest BCUT2D eigenvalue weighted by molar-refractivity contribution is 8.30. The minimum atomic E-state index is -3.89. The summed E-state index contributed by atoms with van der Waals surface area (Å²) in [7, 11) is -4.46. The zero-order valence-electron chi connectivity index (χ0n) is 18.2. The molecule has 2 unspecified atom stereocenters. The number of carbonyl (C=O) groups is 1. The number of rotatable bonds is 7. The molecule has 0 amide bonds. The predicted molar refractivity (Wildman–Crippen MR) is 129 cm³/mol. The number of nitrogens with one attached hydrogen (secondary N) is 1. The molecule has 0 saturated carbocycles. The van der Waals surface area contributed by atoms with Crippen molar-refractivity contribution in [2.24, 2.45) is 4.99 Å². The van der Waals surface area contributed by atoms with Crippen molar-refractivity contribution in [2.45, 2.75) is 49.6 Å². The molecule has 2 atom stereocenters. The fourth-order valence-corrected chi connectivity index (χ4v) is 7.93. The lowest BCUT2D eigenvalue weighted by Crippen LogP contribution is -2.30. The second kappa shape index (κ2) is 8.66. The first-order valence-corrected chi connectivity index (χ1v) is 13.6. The summed E-state index contributed by atoms with van der Waals surface area (Å²) in [6, 6.07) is 8.42. The van der Waals surface area contributed by atoms with Crippen molar-refractivity contribution in [1.82, 2.24) is 4.72 Å². The summed E-state index contributed by atoms with van der Waals surface area (Å²) in [5.74, 6) is 0.831. The third kappa shape index (κ3) is 4.78. The SMILES string of the molecule is CC(C)(O)CCCC1=NCC[SH]1c1ccc2cc(O)c(N3CC(C=O)NS3(=O)=O)cc2c1. The Morgan fingerprint density at radius 3 is 2.75 bits per heavy atom. The van der Waals surface area contributed by atoms with Crippen LogP contribution in [0.1, 0.15) is 33.1 Å². The zero-order valence-corrected chi connectivity index (χ0v) is 19.9. The van der Waals surface area contributed by atoms with Gasteiger partial charge in [-0.3, -0.25) is 9.30 Å². The third-order valence-corrected chi connectivity index (χ3v) is 9.80. The molecule has 2 aromatic carbocycles. The molecule has 3 N–H and O–H groups in total. The van der Waals surface area contributed by atoms with Crippen LogP contribution in [-0.4, -0.2) is 60.4 Å². The third-order valence-electron chi connectivity index (χ3n) is 5.73. The molecule has 174 valence electrons. The zero-order chi connectivity index (χ0) is 23.1. The van der Waals surface area contributed by atoms with Crippen molar-refractivity contribution < 1.29 is 23.4 Å². The van der Waals surface area contributed by atoms with E-state index in [1.807, 2.05) is 26.0 Å². The number of aliphatic imine (C=N–C) groups is 1. The summed E-state index contributed by atoms with van der Waals surface area (Å²) in [4.78, 5) is 17.0. The molecular weight excluding hydrogens is 450 g/mol. The van der Waals surface area contributed by atoms with Crippen LogP contribution in [0.4, 0.5) is 5.69 Å². The molecular formula is C22H29N3O5S2. The summed E-state index contributed by atoms with van der Waals surface area (Å²) in [6.45, 7) is 4.37. The quantitative estimate of drug-likeness (QED) is 0.359. The van der Waals surface area contributed by atoms with E-state index >= 15 is 0 Å². The van der Waals surface area contributed by atoms with Crippen molar-refractivity contribution in [3.63, 3.8) is 0 Å². The highest BCUT2D eigenvalue weighted by atomic mass is 32.2. The second-order valence-corrected chi connectivity index (χ2v) is 12.8. The molecule has 0 radical (unpaired) electrons. The molecule has 1 fully saturated rings. The Labute approximate surface area is 190 Å². The van der Waals surface area contributed by atoms with Crippen LogP contribution >= 0.6 is 10.9 Å². The Morgan fingerprint density at radius 2 is 2.06 bits per heavy atom. The molecule has 0 aliphatic carbocycles. The molecule has 2 heterocycles. The van der Waals surface area contributed by atoms with Gasteiger partial charge in [0.15, 0.2) is 0 Å². The first-order valence-electron chi connectivity index (χ1n) is 10.6. The van der Waals surface area contributed by atoms with E-state index < -0.39 is 32.7 Å². The molecule has 1 saturated heterocycles. The number of benzene rings is 2. The van der Waals surface area contributed by atoms with E-state index in [1.165, 1.54) is 5.04 Å². The number of phenols is 1. The standard InChI is InChI=1S/C22H29N3O5S2/c1-22(2,28)7-3-4-21-23-8-9-31(21)18-6-5-15-12-20(27)19(11-16(15)10-18)25-13-17(14-26)24-32(25,29)30/h5-6,10-12,14,17,24,27-28,31H,3-4,7-9,13H2,1-2H3. The van der Waals surface area contributed by atoms with Crippen molar-refractivity contribution in [3.8, 4) is 5.75 Å². The molecule has 2 aromatic rings. The van der Waals surface area contributed by atoms with Crippen molar-refractivity contribution in [3.05, 3.63) is 30.3 Å². The maximum Gasteiger partial charge on any atom is 0.302 e. The van der Waals surface area contributed by atoms with Crippen molar-refractivity contribution in [2.75, 3.05) is 23.1 Å². The van der Waals surface area contributed by atoms with Gasteiger partial charge in [0.25, 0.3) is 0 Å².